The van der Waals surface area contributed by atoms with Crippen LogP contribution < -0.4 is 35.5 Å². The highest BCUT2D eigenvalue weighted by Crippen LogP contribution is 2.36. The fourth-order valence-corrected chi connectivity index (χ4v) is 5.37. The number of aliphatic hydroxyl groups excluding tert-OH is 1. The first-order chi connectivity index (χ1) is 28.5. The van der Waals surface area contributed by atoms with Gasteiger partial charge in [-0.05, 0) is 90.9 Å². The second-order valence-corrected chi connectivity index (χ2v) is 13.1. The molecule has 0 saturated heterocycles. The van der Waals surface area contributed by atoms with Crippen molar-refractivity contribution in [1.82, 2.24) is 10.6 Å². The van der Waals surface area contributed by atoms with E-state index in [2.05, 4.69) is 28.2 Å². The minimum atomic E-state index is -0.522. The van der Waals surface area contributed by atoms with Crippen molar-refractivity contribution in [2.75, 3.05) is 43.9 Å². The Morgan fingerprint density at radius 1 is 0.559 bits per heavy atom. The molecule has 0 bridgehead atoms. The van der Waals surface area contributed by atoms with Gasteiger partial charge in [0.25, 0.3) is 0 Å². The van der Waals surface area contributed by atoms with E-state index in [4.69, 9.17) is 19.3 Å². The summed E-state index contributed by atoms with van der Waals surface area (Å²) in [7, 11) is 1.00. The summed E-state index contributed by atoms with van der Waals surface area (Å²) in [5.41, 5.74) is 4.40. The number of carbonyl (C=O) groups excluding carboxylic acids is 2. The van der Waals surface area contributed by atoms with Gasteiger partial charge in [0.1, 0.15) is 6.61 Å². The lowest BCUT2D eigenvalue weighted by Crippen LogP contribution is -2.22. The molecule has 0 aliphatic heterocycles. The largest absolute Gasteiger partial charge is 0.504 e. The maximum absolute atomic E-state index is 14.7. The van der Waals surface area contributed by atoms with Gasteiger partial charge in [0.05, 0.1) is 0 Å². The number of aromatic hydroxyl groups is 1. The van der Waals surface area contributed by atoms with Crippen molar-refractivity contribution < 1.29 is 42.8 Å². The van der Waals surface area contributed by atoms with Crippen molar-refractivity contribution in [3.05, 3.63) is 131 Å². The zero-order chi connectivity index (χ0) is 43.0. The molecule has 0 aromatic heterocycles. The highest BCUT2D eigenvalue weighted by Gasteiger charge is 2.13. The Labute approximate surface area is 345 Å². The van der Waals surface area contributed by atoms with Crippen molar-refractivity contribution in [1.29, 1.82) is 0 Å². The van der Waals surface area contributed by atoms with Crippen LogP contribution in [0, 0.1) is 11.6 Å². The molecule has 0 fully saturated rings. The molecule has 0 aliphatic rings. The fourth-order valence-electron chi connectivity index (χ4n) is 5.37. The van der Waals surface area contributed by atoms with Crippen LogP contribution in [0.1, 0.15) is 57.2 Å². The van der Waals surface area contributed by atoms with E-state index >= 15 is 0 Å². The quantitative estimate of drug-likeness (QED) is 0.0449. The molecule has 0 spiro atoms. The fraction of sp³-hybridized carbons (Fsp3) is 0.304. The predicted molar refractivity (Wildman–Crippen MR) is 229 cm³/mol. The summed E-state index contributed by atoms with van der Waals surface area (Å²) in [5.74, 6) is 0.300. The zero-order valence-corrected chi connectivity index (χ0v) is 34.4. The van der Waals surface area contributed by atoms with Crippen LogP contribution in [-0.2, 0) is 29.0 Å². The van der Waals surface area contributed by atoms with Crippen LogP contribution in [0.15, 0.2) is 103 Å². The first kappa shape index (κ1) is 47.0. The summed E-state index contributed by atoms with van der Waals surface area (Å²) in [6, 6.07) is 29.9. The third-order valence-electron chi connectivity index (χ3n) is 8.50. The maximum Gasteiger partial charge on any atom is 0.216 e. The standard InChI is InChI=1S/C26H29FN2O3.C19H23FN2O3.CH4O/c1-3-20-10-12-25(26(16-20)31-18-21-8-5-4-6-9-21)32-24-13-11-22(17-23(24)27)29-15-7-14-28-19(2)30;1-3-14-5-7-19(17(24)11-14)25-18-8-6-15(12-16(18)20)22-10-4-9-21-13(2)23;1-2/h4-6,8-13,16-17,29H,3,7,14-15,18H2,1-2H3,(H,28,30);5-8,11-12,22,24H,3-4,9-10H2,1-2H3,(H,21,23);2H,1H3. The first-order valence-electron chi connectivity index (χ1n) is 19.5. The molecule has 59 heavy (non-hydrogen) atoms. The van der Waals surface area contributed by atoms with Crippen LogP contribution >= 0.6 is 0 Å². The van der Waals surface area contributed by atoms with Gasteiger partial charge < -0.3 is 45.7 Å². The lowest BCUT2D eigenvalue weighted by Gasteiger charge is -2.15. The van der Waals surface area contributed by atoms with E-state index in [1.165, 1.54) is 32.0 Å². The Balaban J connectivity index is 0.000000311. The number of ether oxygens (including phenoxy) is 3. The number of rotatable bonds is 19. The van der Waals surface area contributed by atoms with E-state index in [1.54, 1.807) is 30.3 Å². The van der Waals surface area contributed by atoms with Gasteiger partial charge in [-0.1, -0.05) is 56.3 Å². The smallest absolute Gasteiger partial charge is 0.216 e. The van der Waals surface area contributed by atoms with Gasteiger partial charge >= 0.3 is 0 Å². The van der Waals surface area contributed by atoms with Crippen LogP contribution in [0.25, 0.3) is 0 Å². The van der Waals surface area contributed by atoms with Gasteiger partial charge in [-0.3, -0.25) is 9.59 Å². The van der Waals surface area contributed by atoms with Crippen LogP contribution in [-0.4, -0.2) is 55.3 Å². The van der Waals surface area contributed by atoms with Gasteiger partial charge in [0.2, 0.25) is 11.8 Å². The lowest BCUT2D eigenvalue weighted by atomic mass is 10.1. The summed E-state index contributed by atoms with van der Waals surface area (Å²) in [6.07, 6.45) is 3.13. The highest BCUT2D eigenvalue weighted by atomic mass is 19.1. The van der Waals surface area contributed by atoms with Crippen LogP contribution in [0.5, 0.6) is 34.5 Å². The molecule has 2 amide bonds. The molecule has 0 unspecified atom stereocenters. The summed E-state index contributed by atoms with van der Waals surface area (Å²) >= 11 is 0. The molecule has 0 radical (unpaired) electrons. The van der Waals surface area contributed by atoms with Crippen molar-refractivity contribution in [3.63, 3.8) is 0 Å². The van der Waals surface area contributed by atoms with Gasteiger partial charge in [-0.2, -0.15) is 0 Å². The molecule has 0 atom stereocenters. The second kappa shape index (κ2) is 25.8. The third-order valence-corrected chi connectivity index (χ3v) is 8.50. The average Bonchev–Trinajstić information content (AvgIpc) is 3.23. The highest BCUT2D eigenvalue weighted by molar-refractivity contribution is 5.73. The van der Waals surface area contributed by atoms with Gasteiger partial charge in [-0.15, -0.1) is 0 Å². The van der Waals surface area contributed by atoms with E-state index < -0.39 is 11.6 Å². The molecule has 5 rings (SSSR count). The molecule has 13 heteroatoms. The number of nitrogens with one attached hydrogen (secondary N) is 4. The number of phenolic OH excluding ortho intramolecular Hbond substituents is 1. The molecule has 5 aromatic carbocycles. The van der Waals surface area contributed by atoms with Crippen LogP contribution in [0.4, 0.5) is 20.2 Å². The third kappa shape index (κ3) is 17.0. The van der Waals surface area contributed by atoms with Gasteiger partial charge in [0, 0.05) is 70.6 Å². The minimum Gasteiger partial charge on any atom is -0.504 e. The number of benzene rings is 5. The predicted octanol–water partition coefficient (Wildman–Crippen LogP) is 9.13. The second-order valence-electron chi connectivity index (χ2n) is 13.1. The van der Waals surface area contributed by atoms with Crippen LogP contribution in [0.2, 0.25) is 0 Å². The number of hydrogen-bond acceptors (Lipinski definition) is 9. The SMILES string of the molecule is CCc1ccc(Oc2ccc(NCCCNC(C)=O)cc2F)c(O)c1.CCc1ccc(Oc2ccc(NCCCNC(C)=O)cc2F)c(OCc2ccccc2)c1.CO. The molecular formula is C46H56F2N4O7. The Morgan fingerprint density at radius 2 is 1.03 bits per heavy atom. The van der Waals surface area contributed by atoms with E-state index in [0.717, 1.165) is 49.5 Å². The molecular weight excluding hydrogens is 759 g/mol. The summed E-state index contributed by atoms with van der Waals surface area (Å²) in [5, 5.41) is 28.6. The number of amides is 2. The van der Waals surface area contributed by atoms with Crippen LogP contribution in [0.3, 0.4) is 0 Å². The molecule has 0 saturated carbocycles. The number of halogens is 2. The topological polar surface area (TPSA) is 150 Å². The van der Waals surface area contributed by atoms with Crippen molar-refractivity contribution in [2.45, 2.75) is 60.0 Å². The van der Waals surface area contributed by atoms with E-state index in [9.17, 15) is 23.5 Å². The number of carbonyl (C=O) groups is 2. The first-order valence-corrected chi connectivity index (χ1v) is 19.5. The zero-order valence-electron chi connectivity index (χ0n) is 34.4. The normalized spacial score (nSPS) is 10.2. The summed E-state index contributed by atoms with van der Waals surface area (Å²) < 4.78 is 46.2. The Morgan fingerprint density at radius 3 is 1.51 bits per heavy atom. The van der Waals surface area contributed by atoms with Crippen molar-refractivity contribution in [2.24, 2.45) is 0 Å². The van der Waals surface area contributed by atoms with Crippen molar-refractivity contribution in [3.8, 4) is 34.5 Å². The average molecular weight is 815 g/mol. The molecule has 316 valence electrons. The van der Waals surface area contributed by atoms with Gasteiger partial charge in [0.15, 0.2) is 46.1 Å². The van der Waals surface area contributed by atoms with Gasteiger partial charge in [-0.25, -0.2) is 8.78 Å². The Bertz CT molecular complexity index is 2050. The number of aryl methyl sites for hydroxylation is 2. The Kier molecular flexibility index (Phi) is 20.6. The Hall–Kier alpha value is -6.34. The van der Waals surface area contributed by atoms with E-state index in [0.29, 0.717) is 55.7 Å². The summed E-state index contributed by atoms with van der Waals surface area (Å²) in [6.45, 7) is 9.77. The molecule has 11 nitrogen and oxygen atoms in total. The lowest BCUT2D eigenvalue weighted by molar-refractivity contribution is -0.119. The maximum atomic E-state index is 14.7. The number of aliphatic hydroxyl groups is 1. The summed E-state index contributed by atoms with van der Waals surface area (Å²) in [4.78, 5) is 21.6. The molecule has 6 N–H and O–H groups in total. The van der Waals surface area contributed by atoms with E-state index in [1.807, 2.05) is 61.5 Å². The minimum absolute atomic E-state index is 0.0149. The molecule has 5 aromatic rings. The molecule has 0 aliphatic carbocycles. The van der Waals surface area contributed by atoms with E-state index in [-0.39, 0.29) is 34.8 Å². The number of hydrogen-bond donors (Lipinski definition) is 6. The number of phenols is 1. The number of anilines is 2. The molecule has 0 heterocycles. The monoisotopic (exact) mass is 814 g/mol. The van der Waals surface area contributed by atoms with Crippen molar-refractivity contribution >= 4 is 23.2 Å².